The molecule has 0 radical (unpaired) electrons. The first-order chi connectivity index (χ1) is 8.78. The van der Waals surface area contributed by atoms with Gasteiger partial charge in [0.15, 0.2) is 0 Å². The summed E-state index contributed by atoms with van der Waals surface area (Å²) < 4.78 is 0. The fourth-order valence-corrected chi connectivity index (χ4v) is 1.91. The maximum atomic E-state index is 11.2. The first-order valence-electron chi connectivity index (χ1n) is 6.51. The van der Waals surface area contributed by atoms with Crippen molar-refractivity contribution in [1.82, 2.24) is 0 Å². The van der Waals surface area contributed by atoms with Crippen molar-refractivity contribution < 1.29 is 15.0 Å². The number of phenols is 1. The lowest BCUT2D eigenvalue weighted by Gasteiger charge is -2.14. The number of phenolic OH excluding ortho intramolecular Hbond substituents is 1. The van der Waals surface area contributed by atoms with Gasteiger partial charge in [0.05, 0.1) is 0 Å². The molecule has 3 nitrogen and oxygen atoms in total. The maximum absolute atomic E-state index is 11.2. The van der Waals surface area contributed by atoms with Gasteiger partial charge in [-0.3, -0.25) is 0 Å². The standard InChI is InChI=1S/C16H22O3/c1-16(2,3)11-13(15(18)19)6-4-5-12-7-9-14(17)10-8-12/h7-11,17H,4-6H2,1-3H3,(H,18,19). The minimum absolute atomic E-state index is 0.119. The lowest BCUT2D eigenvalue weighted by molar-refractivity contribution is -0.132. The van der Waals surface area contributed by atoms with E-state index in [4.69, 9.17) is 5.11 Å². The largest absolute Gasteiger partial charge is 0.508 e. The van der Waals surface area contributed by atoms with Crippen LogP contribution in [0.15, 0.2) is 35.9 Å². The van der Waals surface area contributed by atoms with Crippen LogP contribution < -0.4 is 0 Å². The van der Waals surface area contributed by atoms with Gasteiger partial charge in [-0.1, -0.05) is 39.0 Å². The third kappa shape index (κ3) is 6.09. The molecule has 1 aromatic rings. The van der Waals surface area contributed by atoms with Gasteiger partial charge in [-0.05, 0) is 42.4 Å². The van der Waals surface area contributed by atoms with E-state index < -0.39 is 5.97 Å². The van der Waals surface area contributed by atoms with Crippen LogP contribution in [-0.4, -0.2) is 16.2 Å². The first-order valence-corrected chi connectivity index (χ1v) is 6.51. The normalized spacial score (nSPS) is 12.5. The number of hydrogen-bond donors (Lipinski definition) is 2. The number of benzene rings is 1. The molecule has 0 aliphatic rings. The van der Waals surface area contributed by atoms with Crippen LogP contribution in [0, 0.1) is 5.41 Å². The summed E-state index contributed by atoms with van der Waals surface area (Å²) in [7, 11) is 0. The Kier molecular flexibility index (Phi) is 5.16. The summed E-state index contributed by atoms with van der Waals surface area (Å²) in [6.07, 6.45) is 3.99. The van der Waals surface area contributed by atoms with Crippen LogP contribution in [0.25, 0.3) is 0 Å². The highest BCUT2D eigenvalue weighted by Gasteiger charge is 2.13. The van der Waals surface area contributed by atoms with Crippen LogP contribution in [0.2, 0.25) is 0 Å². The van der Waals surface area contributed by atoms with Gasteiger partial charge in [0.1, 0.15) is 5.75 Å². The van der Waals surface area contributed by atoms with E-state index in [0.29, 0.717) is 12.0 Å². The number of carboxylic acid groups (broad SMARTS) is 1. The van der Waals surface area contributed by atoms with E-state index in [-0.39, 0.29) is 11.2 Å². The molecule has 0 saturated heterocycles. The summed E-state index contributed by atoms with van der Waals surface area (Å²) in [5.41, 5.74) is 1.47. The Hall–Kier alpha value is -1.77. The molecule has 3 heteroatoms. The molecule has 0 aromatic heterocycles. The second-order valence-corrected chi connectivity index (χ2v) is 5.86. The Morgan fingerprint density at radius 3 is 2.26 bits per heavy atom. The van der Waals surface area contributed by atoms with Crippen molar-refractivity contribution >= 4 is 5.97 Å². The SMILES string of the molecule is CC(C)(C)C=C(CCCc1ccc(O)cc1)C(=O)O. The van der Waals surface area contributed by atoms with Gasteiger partial charge in [0, 0.05) is 5.57 Å². The van der Waals surface area contributed by atoms with Gasteiger partial charge in [0.25, 0.3) is 0 Å². The highest BCUT2D eigenvalue weighted by molar-refractivity contribution is 5.86. The summed E-state index contributed by atoms with van der Waals surface area (Å²) in [5.74, 6) is -0.580. The van der Waals surface area contributed by atoms with Gasteiger partial charge >= 0.3 is 5.97 Å². The van der Waals surface area contributed by atoms with Crippen LogP contribution in [0.5, 0.6) is 5.75 Å². The molecule has 0 saturated carbocycles. The molecular weight excluding hydrogens is 240 g/mol. The van der Waals surface area contributed by atoms with Gasteiger partial charge < -0.3 is 10.2 Å². The van der Waals surface area contributed by atoms with E-state index in [0.717, 1.165) is 18.4 Å². The average molecular weight is 262 g/mol. The summed E-state index contributed by atoms with van der Waals surface area (Å²) >= 11 is 0. The molecule has 2 N–H and O–H groups in total. The minimum atomic E-state index is -0.833. The molecule has 104 valence electrons. The van der Waals surface area contributed by atoms with E-state index >= 15 is 0 Å². The van der Waals surface area contributed by atoms with Crippen LogP contribution >= 0.6 is 0 Å². The third-order valence-electron chi connectivity index (χ3n) is 2.73. The third-order valence-corrected chi connectivity index (χ3v) is 2.73. The molecule has 0 unspecified atom stereocenters. The molecule has 0 spiro atoms. The van der Waals surface area contributed by atoms with E-state index in [1.54, 1.807) is 12.1 Å². The first kappa shape index (κ1) is 15.3. The van der Waals surface area contributed by atoms with E-state index in [1.807, 2.05) is 39.0 Å². The molecule has 0 fully saturated rings. The van der Waals surface area contributed by atoms with E-state index in [2.05, 4.69) is 0 Å². The quantitative estimate of drug-likeness (QED) is 0.794. The molecule has 1 aromatic carbocycles. The molecule has 0 heterocycles. The zero-order chi connectivity index (χ0) is 14.5. The zero-order valence-corrected chi connectivity index (χ0v) is 11.8. The minimum Gasteiger partial charge on any atom is -0.508 e. The number of rotatable bonds is 5. The number of aryl methyl sites for hydroxylation is 1. The Labute approximate surface area is 114 Å². The topological polar surface area (TPSA) is 57.5 Å². The highest BCUT2D eigenvalue weighted by Crippen LogP contribution is 2.21. The van der Waals surface area contributed by atoms with Crippen molar-refractivity contribution in [2.24, 2.45) is 5.41 Å². The average Bonchev–Trinajstić information content (AvgIpc) is 2.28. The van der Waals surface area contributed by atoms with Crippen LogP contribution in [0.4, 0.5) is 0 Å². The number of hydrogen-bond acceptors (Lipinski definition) is 2. The Balaban J connectivity index is 2.56. The van der Waals surface area contributed by atoms with Crippen molar-refractivity contribution in [1.29, 1.82) is 0 Å². The number of carbonyl (C=O) groups is 1. The van der Waals surface area contributed by atoms with Gasteiger partial charge in [-0.15, -0.1) is 0 Å². The van der Waals surface area contributed by atoms with Crippen LogP contribution in [0.3, 0.4) is 0 Å². The smallest absolute Gasteiger partial charge is 0.331 e. The molecule has 1 rings (SSSR count). The Morgan fingerprint density at radius 2 is 1.79 bits per heavy atom. The molecule has 19 heavy (non-hydrogen) atoms. The molecule has 0 aliphatic carbocycles. The van der Waals surface area contributed by atoms with Crippen molar-refractivity contribution in [2.45, 2.75) is 40.0 Å². The van der Waals surface area contributed by atoms with E-state index in [9.17, 15) is 9.90 Å². The molecular formula is C16H22O3. The Morgan fingerprint density at radius 1 is 1.21 bits per heavy atom. The van der Waals surface area contributed by atoms with Crippen LogP contribution in [0.1, 0.15) is 39.2 Å². The van der Waals surface area contributed by atoms with Crippen LogP contribution in [-0.2, 0) is 11.2 Å². The molecule has 0 amide bonds. The van der Waals surface area contributed by atoms with Gasteiger partial charge in [-0.2, -0.15) is 0 Å². The van der Waals surface area contributed by atoms with Gasteiger partial charge in [-0.25, -0.2) is 4.79 Å². The highest BCUT2D eigenvalue weighted by atomic mass is 16.4. The Bertz CT molecular complexity index is 450. The number of aromatic hydroxyl groups is 1. The summed E-state index contributed by atoms with van der Waals surface area (Å²) in [6.45, 7) is 5.99. The maximum Gasteiger partial charge on any atom is 0.331 e. The molecule has 0 atom stereocenters. The van der Waals surface area contributed by atoms with E-state index in [1.165, 1.54) is 0 Å². The van der Waals surface area contributed by atoms with Gasteiger partial charge in [0.2, 0.25) is 0 Å². The summed E-state index contributed by atoms with van der Waals surface area (Å²) in [6, 6.07) is 7.03. The summed E-state index contributed by atoms with van der Waals surface area (Å²) in [4.78, 5) is 11.2. The number of carboxylic acids is 1. The monoisotopic (exact) mass is 262 g/mol. The second kappa shape index (κ2) is 6.41. The molecule has 0 bridgehead atoms. The van der Waals surface area contributed by atoms with Crippen molar-refractivity contribution in [3.8, 4) is 5.75 Å². The number of allylic oxidation sites excluding steroid dienone is 1. The lowest BCUT2D eigenvalue weighted by atomic mass is 9.91. The van der Waals surface area contributed by atoms with Crippen molar-refractivity contribution in [2.75, 3.05) is 0 Å². The lowest BCUT2D eigenvalue weighted by Crippen LogP contribution is -2.08. The van der Waals surface area contributed by atoms with Crippen molar-refractivity contribution in [3.63, 3.8) is 0 Å². The fourth-order valence-electron chi connectivity index (χ4n) is 1.91. The molecule has 0 aliphatic heterocycles. The predicted molar refractivity (Wildman–Crippen MR) is 76.2 cm³/mol. The number of aliphatic carboxylic acids is 1. The fraction of sp³-hybridized carbons (Fsp3) is 0.438. The van der Waals surface area contributed by atoms with Crippen molar-refractivity contribution in [3.05, 3.63) is 41.5 Å². The second-order valence-electron chi connectivity index (χ2n) is 5.86. The summed E-state index contributed by atoms with van der Waals surface area (Å²) in [5, 5.41) is 18.4. The predicted octanol–water partition coefficient (Wildman–Crippen LogP) is 3.77. The zero-order valence-electron chi connectivity index (χ0n) is 11.8.